The Morgan fingerprint density at radius 2 is 2.11 bits per heavy atom. The van der Waals surface area contributed by atoms with E-state index in [2.05, 4.69) is 15.9 Å². The van der Waals surface area contributed by atoms with Crippen molar-refractivity contribution in [2.45, 2.75) is 25.7 Å². The van der Waals surface area contributed by atoms with Crippen LogP contribution in [0.25, 0.3) is 0 Å². The lowest BCUT2D eigenvalue weighted by Crippen LogP contribution is -2.03. The molecule has 1 fully saturated rings. The Balaban J connectivity index is 2.10. The summed E-state index contributed by atoms with van der Waals surface area (Å²) in [6, 6.07) is 4.05. The van der Waals surface area contributed by atoms with E-state index in [1.165, 1.54) is 18.4 Å². The Labute approximate surface area is 117 Å². The minimum Gasteiger partial charge on any atom is -0.493 e. The highest BCUT2D eigenvalue weighted by molar-refractivity contribution is 9.10. The first-order valence-corrected chi connectivity index (χ1v) is 7.23. The molecule has 0 amide bonds. The van der Waals surface area contributed by atoms with E-state index < -0.39 is 0 Å². The van der Waals surface area contributed by atoms with E-state index in [4.69, 9.17) is 15.2 Å². The summed E-state index contributed by atoms with van der Waals surface area (Å²) in [6.07, 6.45) is 4.51. The van der Waals surface area contributed by atoms with E-state index in [0.29, 0.717) is 6.54 Å². The second kappa shape index (κ2) is 6.43. The predicted molar refractivity (Wildman–Crippen MR) is 76.3 cm³/mol. The third-order valence-electron chi connectivity index (χ3n) is 3.15. The van der Waals surface area contributed by atoms with E-state index in [1.54, 1.807) is 7.11 Å². The number of ether oxygens (including phenoxy) is 2. The van der Waals surface area contributed by atoms with Gasteiger partial charge in [-0.15, -0.1) is 0 Å². The summed E-state index contributed by atoms with van der Waals surface area (Å²) in [4.78, 5) is 0. The Hall–Kier alpha value is -0.740. The lowest BCUT2D eigenvalue weighted by atomic mass is 10.1. The van der Waals surface area contributed by atoms with Crippen molar-refractivity contribution in [3.8, 4) is 11.5 Å². The van der Waals surface area contributed by atoms with Gasteiger partial charge in [0.25, 0.3) is 0 Å². The average molecular weight is 314 g/mol. The summed E-state index contributed by atoms with van der Waals surface area (Å²) in [5.74, 6) is 2.38. The van der Waals surface area contributed by atoms with Gasteiger partial charge in [-0.05, 0) is 55.8 Å². The van der Waals surface area contributed by atoms with Gasteiger partial charge in [-0.2, -0.15) is 0 Å². The molecule has 0 aliphatic heterocycles. The van der Waals surface area contributed by atoms with Crippen LogP contribution in [0.1, 0.15) is 24.8 Å². The molecule has 1 aromatic carbocycles. The number of hydrogen-bond acceptors (Lipinski definition) is 3. The van der Waals surface area contributed by atoms with Crippen molar-refractivity contribution >= 4 is 15.9 Å². The van der Waals surface area contributed by atoms with Crippen LogP contribution in [0.2, 0.25) is 0 Å². The zero-order valence-electron chi connectivity index (χ0n) is 10.7. The molecular weight excluding hydrogens is 294 g/mol. The molecule has 3 nitrogen and oxygen atoms in total. The highest BCUT2D eigenvalue weighted by Crippen LogP contribution is 2.36. The summed E-state index contributed by atoms with van der Waals surface area (Å²) in [5.41, 5.74) is 6.76. The number of rotatable bonds is 7. The van der Waals surface area contributed by atoms with Gasteiger partial charge >= 0.3 is 0 Å². The molecule has 1 aliphatic rings. The molecule has 0 bridgehead atoms. The molecule has 2 N–H and O–H groups in total. The fourth-order valence-electron chi connectivity index (χ4n) is 1.83. The van der Waals surface area contributed by atoms with Crippen molar-refractivity contribution < 1.29 is 9.47 Å². The number of benzene rings is 1. The predicted octanol–water partition coefficient (Wildman–Crippen LogP) is 3.14. The van der Waals surface area contributed by atoms with Crippen LogP contribution in [-0.4, -0.2) is 20.3 Å². The number of hydrogen-bond donors (Lipinski definition) is 1. The Kier molecular flexibility index (Phi) is 4.89. The van der Waals surface area contributed by atoms with E-state index in [-0.39, 0.29) is 0 Å². The molecule has 0 heterocycles. The lowest BCUT2D eigenvalue weighted by molar-refractivity contribution is 0.280. The first kappa shape index (κ1) is 13.7. The van der Waals surface area contributed by atoms with E-state index in [0.717, 1.165) is 41.3 Å². The summed E-state index contributed by atoms with van der Waals surface area (Å²) >= 11 is 3.59. The third kappa shape index (κ3) is 3.62. The number of methoxy groups -OCH3 is 1. The van der Waals surface area contributed by atoms with Crippen LogP contribution in [0.15, 0.2) is 16.6 Å². The standard InChI is InChI=1S/C14H20BrNO2/c1-17-13-7-11(3-2-6-16)12(15)8-14(13)18-9-10-4-5-10/h7-8,10H,2-6,9,16H2,1H3. The van der Waals surface area contributed by atoms with Gasteiger partial charge in [0, 0.05) is 4.47 Å². The van der Waals surface area contributed by atoms with Gasteiger partial charge < -0.3 is 15.2 Å². The Bertz CT molecular complexity index is 405. The number of aryl methyl sites for hydroxylation is 1. The largest absolute Gasteiger partial charge is 0.493 e. The van der Waals surface area contributed by atoms with Gasteiger partial charge in [0.2, 0.25) is 0 Å². The van der Waals surface area contributed by atoms with Crippen molar-refractivity contribution in [3.63, 3.8) is 0 Å². The molecule has 0 unspecified atom stereocenters. The van der Waals surface area contributed by atoms with Crippen LogP contribution >= 0.6 is 15.9 Å². The molecule has 1 aliphatic carbocycles. The van der Waals surface area contributed by atoms with Crippen LogP contribution in [0.3, 0.4) is 0 Å². The second-order valence-corrected chi connectivity index (χ2v) is 5.60. The molecule has 0 atom stereocenters. The number of nitrogens with two attached hydrogens (primary N) is 1. The number of halogens is 1. The Morgan fingerprint density at radius 3 is 2.72 bits per heavy atom. The summed E-state index contributed by atoms with van der Waals surface area (Å²) in [7, 11) is 1.68. The fraction of sp³-hybridized carbons (Fsp3) is 0.571. The van der Waals surface area contributed by atoms with E-state index in [9.17, 15) is 0 Å². The zero-order valence-corrected chi connectivity index (χ0v) is 12.3. The third-order valence-corrected chi connectivity index (χ3v) is 3.89. The van der Waals surface area contributed by atoms with E-state index in [1.807, 2.05) is 12.1 Å². The topological polar surface area (TPSA) is 44.5 Å². The van der Waals surface area contributed by atoms with Gasteiger partial charge in [0.1, 0.15) is 0 Å². The maximum absolute atomic E-state index is 5.81. The van der Waals surface area contributed by atoms with Gasteiger partial charge in [-0.25, -0.2) is 0 Å². The lowest BCUT2D eigenvalue weighted by Gasteiger charge is -2.13. The second-order valence-electron chi connectivity index (χ2n) is 4.74. The van der Waals surface area contributed by atoms with Crippen LogP contribution in [0.5, 0.6) is 11.5 Å². The minimum atomic E-state index is 0.703. The summed E-state index contributed by atoms with van der Waals surface area (Å²) in [5, 5.41) is 0. The molecular formula is C14H20BrNO2. The monoisotopic (exact) mass is 313 g/mol. The maximum atomic E-state index is 5.81. The first-order chi connectivity index (χ1) is 8.74. The highest BCUT2D eigenvalue weighted by Gasteiger charge is 2.22. The van der Waals surface area contributed by atoms with Crippen LogP contribution in [0.4, 0.5) is 0 Å². The SMILES string of the molecule is COc1cc(CCCN)c(Br)cc1OCC1CC1. The first-order valence-electron chi connectivity index (χ1n) is 6.44. The minimum absolute atomic E-state index is 0.703. The quantitative estimate of drug-likeness (QED) is 0.841. The zero-order chi connectivity index (χ0) is 13.0. The van der Waals surface area contributed by atoms with Crippen molar-refractivity contribution in [1.82, 2.24) is 0 Å². The normalized spacial score (nSPS) is 14.6. The average Bonchev–Trinajstić information content (AvgIpc) is 3.19. The van der Waals surface area contributed by atoms with Crippen molar-refractivity contribution in [3.05, 3.63) is 22.2 Å². The van der Waals surface area contributed by atoms with Crippen molar-refractivity contribution in [1.29, 1.82) is 0 Å². The van der Waals surface area contributed by atoms with Crippen molar-refractivity contribution in [2.24, 2.45) is 11.7 Å². The van der Waals surface area contributed by atoms with Gasteiger partial charge in [-0.1, -0.05) is 15.9 Å². The van der Waals surface area contributed by atoms with Crippen LogP contribution < -0.4 is 15.2 Å². The highest BCUT2D eigenvalue weighted by atomic mass is 79.9. The summed E-state index contributed by atoms with van der Waals surface area (Å²) < 4.78 is 12.3. The van der Waals surface area contributed by atoms with Crippen molar-refractivity contribution in [2.75, 3.05) is 20.3 Å². The smallest absolute Gasteiger partial charge is 0.162 e. The summed E-state index contributed by atoms with van der Waals surface area (Å²) in [6.45, 7) is 1.50. The van der Waals surface area contributed by atoms with E-state index >= 15 is 0 Å². The molecule has 2 rings (SSSR count). The Morgan fingerprint density at radius 1 is 1.33 bits per heavy atom. The molecule has 0 aromatic heterocycles. The maximum Gasteiger partial charge on any atom is 0.162 e. The molecule has 0 saturated heterocycles. The van der Waals surface area contributed by atoms with Gasteiger partial charge in [0.15, 0.2) is 11.5 Å². The molecule has 4 heteroatoms. The van der Waals surface area contributed by atoms with Crippen LogP contribution in [0, 0.1) is 5.92 Å². The van der Waals surface area contributed by atoms with Gasteiger partial charge in [-0.3, -0.25) is 0 Å². The van der Waals surface area contributed by atoms with Crippen LogP contribution in [-0.2, 0) is 6.42 Å². The molecule has 0 spiro atoms. The molecule has 1 aromatic rings. The molecule has 100 valence electrons. The fourth-order valence-corrected chi connectivity index (χ4v) is 2.35. The molecule has 18 heavy (non-hydrogen) atoms. The van der Waals surface area contributed by atoms with Gasteiger partial charge in [0.05, 0.1) is 13.7 Å². The molecule has 0 radical (unpaired) electrons. The molecule has 1 saturated carbocycles.